The molecule has 0 atom stereocenters. The fourth-order valence-corrected chi connectivity index (χ4v) is 2.26. The molecule has 0 aliphatic carbocycles. The number of hydrogen-bond acceptors (Lipinski definition) is 5. The van der Waals surface area contributed by atoms with Gasteiger partial charge in [-0.3, -0.25) is 4.90 Å². The van der Waals surface area contributed by atoms with Crippen molar-refractivity contribution in [2.24, 2.45) is 0 Å². The molecule has 5 nitrogen and oxygen atoms in total. The highest BCUT2D eigenvalue weighted by Gasteiger charge is 2.30. The molecule has 1 aliphatic rings. The SMILES string of the molecule is COc1cccc(N2CCN(C(C)(C)C#N)CC2)n1. The zero-order valence-corrected chi connectivity index (χ0v) is 11.8. The van der Waals surface area contributed by atoms with Crippen molar-refractivity contribution < 1.29 is 4.74 Å². The van der Waals surface area contributed by atoms with E-state index in [1.807, 2.05) is 32.0 Å². The lowest BCUT2D eigenvalue weighted by Gasteiger charge is -2.40. The molecular formula is C14H20N4O. The van der Waals surface area contributed by atoms with Crippen LogP contribution in [0.4, 0.5) is 5.82 Å². The maximum atomic E-state index is 9.16. The summed E-state index contributed by atoms with van der Waals surface area (Å²) in [5.41, 5.74) is -0.395. The molecule has 0 saturated carbocycles. The Balaban J connectivity index is 2.02. The van der Waals surface area contributed by atoms with Gasteiger partial charge in [0.2, 0.25) is 5.88 Å². The van der Waals surface area contributed by atoms with E-state index in [1.165, 1.54) is 0 Å². The van der Waals surface area contributed by atoms with Gasteiger partial charge in [-0.15, -0.1) is 0 Å². The van der Waals surface area contributed by atoms with Crippen molar-refractivity contribution in [1.29, 1.82) is 5.26 Å². The third-order valence-corrected chi connectivity index (χ3v) is 3.59. The molecule has 2 rings (SSSR count). The fraction of sp³-hybridized carbons (Fsp3) is 0.571. The van der Waals surface area contributed by atoms with Crippen molar-refractivity contribution in [2.75, 3.05) is 38.2 Å². The van der Waals surface area contributed by atoms with Crippen LogP contribution in [0.3, 0.4) is 0 Å². The molecule has 19 heavy (non-hydrogen) atoms. The Bertz CT molecular complexity index is 473. The Labute approximate surface area is 114 Å². The number of hydrogen-bond donors (Lipinski definition) is 0. The first kappa shape index (κ1) is 13.6. The van der Waals surface area contributed by atoms with Crippen LogP contribution in [0.25, 0.3) is 0 Å². The summed E-state index contributed by atoms with van der Waals surface area (Å²) in [6.45, 7) is 7.44. The summed E-state index contributed by atoms with van der Waals surface area (Å²) in [7, 11) is 1.62. The van der Waals surface area contributed by atoms with Gasteiger partial charge >= 0.3 is 0 Å². The highest BCUT2D eigenvalue weighted by molar-refractivity contribution is 5.41. The topological polar surface area (TPSA) is 52.4 Å². The van der Waals surface area contributed by atoms with Gasteiger partial charge in [0.15, 0.2) is 0 Å². The summed E-state index contributed by atoms with van der Waals surface area (Å²) in [5.74, 6) is 1.58. The van der Waals surface area contributed by atoms with Crippen LogP contribution < -0.4 is 9.64 Å². The van der Waals surface area contributed by atoms with Crippen molar-refractivity contribution in [2.45, 2.75) is 19.4 Å². The lowest BCUT2D eigenvalue weighted by atomic mass is 10.0. The Morgan fingerprint density at radius 3 is 2.53 bits per heavy atom. The molecule has 2 heterocycles. The summed E-state index contributed by atoms with van der Waals surface area (Å²) in [6.07, 6.45) is 0. The maximum Gasteiger partial charge on any atom is 0.214 e. The van der Waals surface area contributed by atoms with E-state index in [9.17, 15) is 0 Å². The zero-order chi connectivity index (χ0) is 13.9. The van der Waals surface area contributed by atoms with Crippen LogP contribution in [0.5, 0.6) is 5.88 Å². The number of nitrogens with zero attached hydrogens (tertiary/aromatic N) is 4. The van der Waals surface area contributed by atoms with Gasteiger partial charge in [0.05, 0.1) is 13.2 Å². The van der Waals surface area contributed by atoms with Crippen molar-refractivity contribution in [1.82, 2.24) is 9.88 Å². The van der Waals surface area contributed by atoms with Gasteiger partial charge in [0, 0.05) is 32.2 Å². The third-order valence-electron chi connectivity index (χ3n) is 3.59. The van der Waals surface area contributed by atoms with Gasteiger partial charge < -0.3 is 9.64 Å². The normalized spacial score (nSPS) is 17.1. The van der Waals surface area contributed by atoms with Crippen LogP contribution >= 0.6 is 0 Å². The molecule has 1 aromatic heterocycles. The molecule has 0 N–H and O–H groups in total. The van der Waals surface area contributed by atoms with Crippen LogP contribution in [0.15, 0.2) is 18.2 Å². The quantitative estimate of drug-likeness (QED) is 0.824. The van der Waals surface area contributed by atoms with Crippen LogP contribution in [-0.2, 0) is 0 Å². The first-order chi connectivity index (χ1) is 9.06. The van der Waals surface area contributed by atoms with Crippen LogP contribution in [0, 0.1) is 11.3 Å². The molecule has 102 valence electrons. The van der Waals surface area contributed by atoms with Gasteiger partial charge in [0.25, 0.3) is 0 Å². The van der Waals surface area contributed by atoms with E-state index in [0.29, 0.717) is 5.88 Å². The van der Waals surface area contributed by atoms with Crippen molar-refractivity contribution in [3.63, 3.8) is 0 Å². The average molecular weight is 260 g/mol. The lowest BCUT2D eigenvalue weighted by molar-refractivity contribution is 0.157. The average Bonchev–Trinajstić information content (AvgIpc) is 2.47. The van der Waals surface area contributed by atoms with Gasteiger partial charge in [-0.05, 0) is 19.9 Å². The monoisotopic (exact) mass is 260 g/mol. The zero-order valence-electron chi connectivity index (χ0n) is 11.8. The second kappa shape index (κ2) is 5.45. The Hall–Kier alpha value is -1.80. The number of anilines is 1. The molecule has 1 saturated heterocycles. The highest BCUT2D eigenvalue weighted by atomic mass is 16.5. The summed E-state index contributed by atoms with van der Waals surface area (Å²) in [4.78, 5) is 8.88. The first-order valence-electron chi connectivity index (χ1n) is 6.49. The minimum Gasteiger partial charge on any atom is -0.481 e. The number of methoxy groups -OCH3 is 1. The van der Waals surface area contributed by atoms with Crippen molar-refractivity contribution in [3.8, 4) is 11.9 Å². The summed E-state index contributed by atoms with van der Waals surface area (Å²) >= 11 is 0. The van der Waals surface area contributed by atoms with Crippen LogP contribution in [-0.4, -0.2) is 48.7 Å². The molecule has 0 amide bonds. The Morgan fingerprint density at radius 1 is 1.26 bits per heavy atom. The number of ether oxygens (including phenoxy) is 1. The summed E-state index contributed by atoms with van der Waals surface area (Å²) in [5, 5.41) is 9.16. The number of pyridine rings is 1. The molecule has 1 fully saturated rings. The Morgan fingerprint density at radius 2 is 1.95 bits per heavy atom. The molecule has 0 aromatic carbocycles. The second-order valence-corrected chi connectivity index (χ2v) is 5.18. The molecule has 5 heteroatoms. The number of aromatic nitrogens is 1. The molecular weight excluding hydrogens is 240 g/mol. The minimum absolute atomic E-state index is 0.395. The van der Waals surface area contributed by atoms with Gasteiger partial charge in [-0.25, -0.2) is 0 Å². The smallest absolute Gasteiger partial charge is 0.214 e. The predicted molar refractivity (Wildman–Crippen MR) is 74.3 cm³/mol. The highest BCUT2D eigenvalue weighted by Crippen LogP contribution is 2.20. The maximum absolute atomic E-state index is 9.16. The predicted octanol–water partition coefficient (Wildman–Crippen LogP) is 1.51. The van der Waals surface area contributed by atoms with Crippen LogP contribution in [0.2, 0.25) is 0 Å². The van der Waals surface area contributed by atoms with Gasteiger partial charge in [-0.2, -0.15) is 10.2 Å². The second-order valence-electron chi connectivity index (χ2n) is 5.18. The first-order valence-corrected chi connectivity index (χ1v) is 6.49. The standard InChI is InChI=1S/C14H20N4O/c1-14(2,11-15)18-9-7-17(8-10-18)12-5-4-6-13(16-12)19-3/h4-6H,7-10H2,1-3H3. The van der Waals surface area contributed by atoms with Crippen molar-refractivity contribution in [3.05, 3.63) is 18.2 Å². The van der Waals surface area contributed by atoms with E-state index in [-0.39, 0.29) is 0 Å². The summed E-state index contributed by atoms with van der Waals surface area (Å²) in [6, 6.07) is 8.15. The number of rotatable bonds is 3. The molecule has 0 unspecified atom stereocenters. The van der Waals surface area contributed by atoms with E-state index >= 15 is 0 Å². The number of nitriles is 1. The van der Waals surface area contributed by atoms with Gasteiger partial charge in [0.1, 0.15) is 11.4 Å². The van der Waals surface area contributed by atoms with Crippen molar-refractivity contribution >= 4 is 5.82 Å². The molecule has 0 radical (unpaired) electrons. The molecule has 0 bridgehead atoms. The van der Waals surface area contributed by atoms with Gasteiger partial charge in [-0.1, -0.05) is 6.07 Å². The van der Waals surface area contributed by atoms with E-state index in [4.69, 9.17) is 10.00 Å². The van der Waals surface area contributed by atoms with E-state index in [0.717, 1.165) is 32.0 Å². The molecule has 1 aromatic rings. The molecule has 1 aliphatic heterocycles. The Kier molecular flexibility index (Phi) is 3.91. The third kappa shape index (κ3) is 2.96. The number of piperazine rings is 1. The summed E-state index contributed by atoms with van der Waals surface area (Å²) < 4.78 is 5.15. The molecule has 0 spiro atoms. The van der Waals surface area contributed by atoms with E-state index < -0.39 is 5.54 Å². The fourth-order valence-electron chi connectivity index (χ4n) is 2.26. The van der Waals surface area contributed by atoms with Crippen LogP contribution in [0.1, 0.15) is 13.8 Å². The lowest BCUT2D eigenvalue weighted by Crippen LogP contribution is -2.54. The minimum atomic E-state index is -0.395. The van der Waals surface area contributed by atoms with E-state index in [1.54, 1.807) is 7.11 Å². The largest absolute Gasteiger partial charge is 0.481 e. The van der Waals surface area contributed by atoms with E-state index in [2.05, 4.69) is 20.9 Å².